The van der Waals surface area contributed by atoms with Crippen LogP contribution in [-0.2, 0) is 13.0 Å². The maximum Gasteiger partial charge on any atom is 0.187 e. The van der Waals surface area contributed by atoms with Crippen LogP contribution >= 0.6 is 0 Å². The lowest BCUT2D eigenvalue weighted by Crippen LogP contribution is -2.11. The summed E-state index contributed by atoms with van der Waals surface area (Å²) < 4.78 is 1.86. The Kier molecular flexibility index (Phi) is 3.55. The summed E-state index contributed by atoms with van der Waals surface area (Å²) in [6.07, 6.45) is 2.02. The van der Waals surface area contributed by atoms with Gasteiger partial charge in [0.1, 0.15) is 5.69 Å². The molecule has 0 aliphatic carbocycles. The summed E-state index contributed by atoms with van der Waals surface area (Å²) in [7, 11) is 0. The van der Waals surface area contributed by atoms with Crippen molar-refractivity contribution in [3.05, 3.63) is 47.0 Å². The van der Waals surface area contributed by atoms with Crippen LogP contribution in [0, 0.1) is 13.8 Å². The highest BCUT2D eigenvalue weighted by molar-refractivity contribution is 5.95. The molecule has 2 aromatic heterocycles. The van der Waals surface area contributed by atoms with Crippen molar-refractivity contribution in [1.29, 1.82) is 0 Å². The zero-order chi connectivity index (χ0) is 13.1. The van der Waals surface area contributed by atoms with Gasteiger partial charge in [0, 0.05) is 18.4 Å². The molecular formula is C14H17N3O. The van der Waals surface area contributed by atoms with Gasteiger partial charge >= 0.3 is 0 Å². The van der Waals surface area contributed by atoms with Crippen molar-refractivity contribution in [3.63, 3.8) is 0 Å². The lowest BCUT2D eigenvalue weighted by Gasteiger charge is -2.04. The predicted octanol–water partition coefficient (Wildman–Crippen LogP) is 2.34. The van der Waals surface area contributed by atoms with Crippen LogP contribution < -0.4 is 0 Å². The van der Waals surface area contributed by atoms with Gasteiger partial charge in [0.25, 0.3) is 0 Å². The summed E-state index contributed by atoms with van der Waals surface area (Å²) >= 11 is 0. The molecule has 2 rings (SSSR count). The highest BCUT2D eigenvalue weighted by Gasteiger charge is 2.12. The number of pyridine rings is 1. The second-order valence-corrected chi connectivity index (χ2v) is 4.41. The molecule has 0 N–H and O–H groups in total. The van der Waals surface area contributed by atoms with Crippen LogP contribution in [0.25, 0.3) is 0 Å². The molecule has 4 heteroatoms. The number of Topliss-reactive ketones (excluding diaryl/α,β-unsaturated/α-hetero) is 1. The fourth-order valence-electron chi connectivity index (χ4n) is 1.96. The van der Waals surface area contributed by atoms with E-state index in [1.165, 1.54) is 0 Å². The number of rotatable bonds is 4. The SMILES string of the molecule is CCn1nc(C)cc1CC(=O)c1cc(C)ccn1. The quantitative estimate of drug-likeness (QED) is 0.774. The van der Waals surface area contributed by atoms with Gasteiger partial charge in [-0.1, -0.05) is 0 Å². The van der Waals surface area contributed by atoms with Gasteiger partial charge in [-0.05, 0) is 44.5 Å². The average Bonchev–Trinajstić information content (AvgIpc) is 2.69. The Morgan fingerprint density at radius 2 is 2.11 bits per heavy atom. The van der Waals surface area contributed by atoms with Gasteiger partial charge in [-0.25, -0.2) is 0 Å². The molecule has 18 heavy (non-hydrogen) atoms. The minimum Gasteiger partial charge on any atom is -0.292 e. The molecular weight excluding hydrogens is 226 g/mol. The summed E-state index contributed by atoms with van der Waals surface area (Å²) in [5, 5.41) is 4.34. The maximum absolute atomic E-state index is 12.1. The number of carbonyl (C=O) groups excluding carboxylic acids is 1. The van der Waals surface area contributed by atoms with E-state index in [0.717, 1.165) is 23.5 Å². The van der Waals surface area contributed by atoms with E-state index in [0.29, 0.717) is 12.1 Å². The monoisotopic (exact) mass is 243 g/mol. The van der Waals surface area contributed by atoms with E-state index in [-0.39, 0.29) is 5.78 Å². The summed E-state index contributed by atoms with van der Waals surface area (Å²) in [4.78, 5) is 16.3. The molecule has 4 nitrogen and oxygen atoms in total. The normalized spacial score (nSPS) is 10.6. The van der Waals surface area contributed by atoms with Gasteiger partial charge in [0.05, 0.1) is 12.1 Å². The minimum absolute atomic E-state index is 0.0355. The molecule has 0 amide bonds. The van der Waals surface area contributed by atoms with Crippen molar-refractivity contribution < 1.29 is 4.79 Å². The third kappa shape index (κ3) is 2.64. The molecule has 0 aliphatic heterocycles. The molecule has 94 valence electrons. The van der Waals surface area contributed by atoms with Crippen LogP contribution in [0.15, 0.2) is 24.4 Å². The molecule has 2 heterocycles. The second-order valence-electron chi connectivity index (χ2n) is 4.41. The van der Waals surface area contributed by atoms with Crippen LogP contribution in [0.1, 0.15) is 34.4 Å². The van der Waals surface area contributed by atoms with Gasteiger partial charge in [-0.2, -0.15) is 5.10 Å². The second kappa shape index (κ2) is 5.12. The minimum atomic E-state index is 0.0355. The Balaban J connectivity index is 2.21. The number of hydrogen-bond donors (Lipinski definition) is 0. The van der Waals surface area contributed by atoms with Gasteiger partial charge in [-0.3, -0.25) is 14.5 Å². The van der Waals surface area contributed by atoms with Gasteiger partial charge in [0.2, 0.25) is 0 Å². The first-order valence-corrected chi connectivity index (χ1v) is 6.09. The van der Waals surface area contributed by atoms with Crippen molar-refractivity contribution >= 4 is 5.78 Å². The highest BCUT2D eigenvalue weighted by Crippen LogP contribution is 2.09. The smallest absolute Gasteiger partial charge is 0.187 e. The van der Waals surface area contributed by atoms with Crippen molar-refractivity contribution in [2.75, 3.05) is 0 Å². The number of aryl methyl sites for hydroxylation is 3. The van der Waals surface area contributed by atoms with Crippen molar-refractivity contribution in [1.82, 2.24) is 14.8 Å². The molecule has 0 aliphatic rings. The molecule has 0 unspecified atom stereocenters. The van der Waals surface area contributed by atoms with Crippen LogP contribution in [0.5, 0.6) is 0 Å². The summed E-state index contributed by atoms with van der Waals surface area (Å²) in [5.41, 5.74) is 3.46. The molecule has 2 aromatic rings. The van der Waals surface area contributed by atoms with Gasteiger partial charge in [-0.15, -0.1) is 0 Å². The first-order chi connectivity index (χ1) is 8.60. The van der Waals surface area contributed by atoms with E-state index in [9.17, 15) is 4.79 Å². The highest BCUT2D eigenvalue weighted by atomic mass is 16.1. The van der Waals surface area contributed by atoms with E-state index in [4.69, 9.17) is 0 Å². The summed E-state index contributed by atoms with van der Waals surface area (Å²) in [6, 6.07) is 5.66. The Morgan fingerprint density at radius 1 is 1.33 bits per heavy atom. The van der Waals surface area contributed by atoms with Gasteiger partial charge in [0.15, 0.2) is 5.78 Å². The predicted molar refractivity (Wildman–Crippen MR) is 69.6 cm³/mol. The van der Waals surface area contributed by atoms with Crippen molar-refractivity contribution in [3.8, 4) is 0 Å². The summed E-state index contributed by atoms with van der Waals surface area (Å²) in [5.74, 6) is 0.0355. The number of hydrogen-bond acceptors (Lipinski definition) is 3. The van der Waals surface area contributed by atoms with Crippen LogP contribution in [0.4, 0.5) is 0 Å². The van der Waals surface area contributed by atoms with Gasteiger partial charge < -0.3 is 0 Å². The molecule has 0 saturated heterocycles. The standard InChI is InChI=1S/C14H17N3O/c1-4-17-12(8-11(3)16-17)9-14(18)13-7-10(2)5-6-15-13/h5-8H,4,9H2,1-3H3. The third-order valence-electron chi connectivity index (χ3n) is 2.83. The van der Waals surface area contributed by atoms with Crippen LogP contribution in [0.2, 0.25) is 0 Å². The molecule has 0 saturated carbocycles. The number of ketones is 1. The maximum atomic E-state index is 12.1. The van der Waals surface area contributed by atoms with E-state index < -0.39 is 0 Å². The third-order valence-corrected chi connectivity index (χ3v) is 2.83. The lowest BCUT2D eigenvalue weighted by atomic mass is 10.1. The zero-order valence-electron chi connectivity index (χ0n) is 11.0. The number of nitrogens with zero attached hydrogens (tertiary/aromatic N) is 3. The Labute approximate surface area is 107 Å². The molecule has 0 radical (unpaired) electrons. The summed E-state index contributed by atoms with van der Waals surface area (Å²) in [6.45, 7) is 6.69. The lowest BCUT2D eigenvalue weighted by molar-refractivity contribution is 0.0985. The first-order valence-electron chi connectivity index (χ1n) is 6.09. The van der Waals surface area contributed by atoms with E-state index in [1.807, 2.05) is 43.7 Å². The number of carbonyl (C=O) groups is 1. The topological polar surface area (TPSA) is 47.8 Å². The van der Waals surface area contributed by atoms with Crippen molar-refractivity contribution in [2.24, 2.45) is 0 Å². The Hall–Kier alpha value is -1.97. The molecule has 0 bridgehead atoms. The van der Waals surface area contributed by atoms with Crippen LogP contribution in [0.3, 0.4) is 0 Å². The Bertz CT molecular complexity index is 572. The van der Waals surface area contributed by atoms with E-state index in [1.54, 1.807) is 6.20 Å². The fraction of sp³-hybridized carbons (Fsp3) is 0.357. The largest absolute Gasteiger partial charge is 0.292 e. The van der Waals surface area contributed by atoms with E-state index >= 15 is 0 Å². The average molecular weight is 243 g/mol. The zero-order valence-corrected chi connectivity index (χ0v) is 11.0. The Morgan fingerprint density at radius 3 is 2.78 bits per heavy atom. The fourth-order valence-corrected chi connectivity index (χ4v) is 1.96. The first kappa shape index (κ1) is 12.5. The van der Waals surface area contributed by atoms with Crippen molar-refractivity contribution in [2.45, 2.75) is 33.7 Å². The molecule has 0 atom stereocenters. The molecule has 0 spiro atoms. The number of aromatic nitrogens is 3. The van der Waals surface area contributed by atoms with E-state index in [2.05, 4.69) is 10.1 Å². The van der Waals surface area contributed by atoms with Crippen LogP contribution in [-0.4, -0.2) is 20.5 Å². The molecule has 0 aromatic carbocycles. The molecule has 0 fully saturated rings.